The molecule has 1 aromatic heterocycles. The Bertz CT molecular complexity index is 674. The summed E-state index contributed by atoms with van der Waals surface area (Å²) in [4.78, 5) is 12.5. The molecule has 1 aliphatic carbocycles. The SMILES string of the molecule is Cc1c(C(=O)N[C@@H](c2ccc(F)cc2)C2CCC2)cnn1C. The minimum Gasteiger partial charge on any atom is -0.345 e. The number of benzene rings is 1. The van der Waals surface area contributed by atoms with Gasteiger partial charge in [-0.2, -0.15) is 5.10 Å². The van der Waals surface area contributed by atoms with Crippen molar-refractivity contribution in [2.24, 2.45) is 13.0 Å². The van der Waals surface area contributed by atoms with Gasteiger partial charge in [0.15, 0.2) is 0 Å². The molecule has 1 fully saturated rings. The fourth-order valence-corrected chi connectivity index (χ4v) is 2.86. The number of nitrogens with one attached hydrogen (secondary N) is 1. The Morgan fingerprint density at radius 3 is 2.55 bits per heavy atom. The molecule has 1 aromatic carbocycles. The zero-order valence-corrected chi connectivity index (χ0v) is 12.8. The fourth-order valence-electron chi connectivity index (χ4n) is 2.86. The highest BCUT2D eigenvalue weighted by Gasteiger charge is 2.30. The van der Waals surface area contributed by atoms with Crippen LogP contribution in [-0.2, 0) is 7.05 Å². The Labute approximate surface area is 129 Å². The van der Waals surface area contributed by atoms with Gasteiger partial charge in [0.05, 0.1) is 17.8 Å². The standard InChI is InChI=1S/C17H20FN3O/c1-11-15(10-19-21(11)2)17(22)20-16(12-4-3-5-12)13-6-8-14(18)9-7-13/h6-10,12,16H,3-5H2,1-2H3,(H,20,22)/t16-/m1/s1. The molecule has 0 bridgehead atoms. The molecule has 2 aromatic rings. The number of carbonyl (C=O) groups excluding carboxylic acids is 1. The normalized spacial score (nSPS) is 16.1. The van der Waals surface area contributed by atoms with Crippen molar-refractivity contribution in [3.05, 3.63) is 53.1 Å². The van der Waals surface area contributed by atoms with Crippen LogP contribution < -0.4 is 5.32 Å². The molecule has 3 rings (SSSR count). The van der Waals surface area contributed by atoms with Crippen LogP contribution >= 0.6 is 0 Å². The van der Waals surface area contributed by atoms with E-state index < -0.39 is 0 Å². The highest BCUT2D eigenvalue weighted by Crippen LogP contribution is 2.38. The minimum absolute atomic E-state index is 0.0681. The van der Waals surface area contributed by atoms with Crippen LogP contribution in [0, 0.1) is 18.7 Å². The summed E-state index contributed by atoms with van der Waals surface area (Å²) in [5.74, 6) is 0.0451. The number of halogens is 1. The molecular weight excluding hydrogens is 281 g/mol. The van der Waals surface area contributed by atoms with Crippen LogP contribution in [0.2, 0.25) is 0 Å². The van der Waals surface area contributed by atoms with Crippen LogP contribution in [0.15, 0.2) is 30.5 Å². The van der Waals surface area contributed by atoms with Gasteiger partial charge in [0.2, 0.25) is 0 Å². The predicted octanol–water partition coefficient (Wildman–Crippen LogP) is 3.14. The van der Waals surface area contributed by atoms with Crippen molar-refractivity contribution in [3.63, 3.8) is 0 Å². The Morgan fingerprint density at radius 2 is 2.05 bits per heavy atom. The van der Waals surface area contributed by atoms with Crippen molar-refractivity contribution in [1.29, 1.82) is 0 Å². The van der Waals surface area contributed by atoms with Crippen LogP contribution in [0.1, 0.15) is 46.9 Å². The van der Waals surface area contributed by atoms with E-state index >= 15 is 0 Å². The Morgan fingerprint density at radius 1 is 1.36 bits per heavy atom. The summed E-state index contributed by atoms with van der Waals surface area (Å²) in [6.45, 7) is 1.87. The lowest BCUT2D eigenvalue weighted by molar-refractivity contribution is 0.0900. The summed E-state index contributed by atoms with van der Waals surface area (Å²) >= 11 is 0. The predicted molar refractivity (Wildman–Crippen MR) is 81.9 cm³/mol. The third kappa shape index (κ3) is 2.75. The van der Waals surface area contributed by atoms with E-state index in [2.05, 4.69) is 10.4 Å². The quantitative estimate of drug-likeness (QED) is 0.943. The van der Waals surface area contributed by atoms with Gasteiger partial charge in [-0.05, 0) is 43.4 Å². The third-order valence-corrected chi connectivity index (χ3v) is 4.62. The second kappa shape index (κ2) is 5.91. The smallest absolute Gasteiger partial charge is 0.255 e. The summed E-state index contributed by atoms with van der Waals surface area (Å²) in [5, 5.41) is 7.22. The average Bonchev–Trinajstić information content (AvgIpc) is 2.77. The number of nitrogens with zero attached hydrogens (tertiary/aromatic N) is 2. The fraction of sp³-hybridized carbons (Fsp3) is 0.412. The Kier molecular flexibility index (Phi) is 3.96. The molecule has 1 saturated carbocycles. The van der Waals surface area contributed by atoms with Gasteiger partial charge in [0, 0.05) is 12.7 Å². The molecule has 0 saturated heterocycles. The maximum atomic E-state index is 13.1. The number of hydrogen-bond acceptors (Lipinski definition) is 2. The molecule has 0 radical (unpaired) electrons. The molecule has 0 spiro atoms. The zero-order chi connectivity index (χ0) is 15.7. The molecule has 0 aliphatic heterocycles. The number of aryl methyl sites for hydroxylation is 1. The van der Waals surface area contributed by atoms with Crippen LogP contribution in [0.4, 0.5) is 4.39 Å². The number of amides is 1. The highest BCUT2D eigenvalue weighted by atomic mass is 19.1. The molecule has 1 atom stereocenters. The molecule has 116 valence electrons. The maximum absolute atomic E-state index is 13.1. The lowest BCUT2D eigenvalue weighted by atomic mass is 9.77. The zero-order valence-electron chi connectivity index (χ0n) is 12.8. The third-order valence-electron chi connectivity index (χ3n) is 4.62. The van der Waals surface area contributed by atoms with Crippen molar-refractivity contribution in [2.45, 2.75) is 32.2 Å². The van der Waals surface area contributed by atoms with Crippen LogP contribution in [0.3, 0.4) is 0 Å². The Hall–Kier alpha value is -2.17. The van der Waals surface area contributed by atoms with Gasteiger partial charge in [0.1, 0.15) is 5.82 Å². The van der Waals surface area contributed by atoms with Crippen LogP contribution in [-0.4, -0.2) is 15.7 Å². The lowest BCUT2D eigenvalue weighted by Crippen LogP contribution is -2.36. The van der Waals surface area contributed by atoms with Gasteiger partial charge >= 0.3 is 0 Å². The monoisotopic (exact) mass is 301 g/mol. The Balaban J connectivity index is 1.82. The van der Waals surface area contributed by atoms with Gasteiger partial charge in [-0.1, -0.05) is 18.6 Å². The maximum Gasteiger partial charge on any atom is 0.255 e. The van der Waals surface area contributed by atoms with E-state index in [-0.39, 0.29) is 17.8 Å². The lowest BCUT2D eigenvalue weighted by Gasteiger charge is -2.34. The number of rotatable bonds is 4. The number of aromatic nitrogens is 2. The van der Waals surface area contributed by atoms with Crippen LogP contribution in [0.5, 0.6) is 0 Å². The van der Waals surface area contributed by atoms with E-state index in [4.69, 9.17) is 0 Å². The topological polar surface area (TPSA) is 46.9 Å². The first-order valence-corrected chi connectivity index (χ1v) is 7.61. The van der Waals surface area contributed by atoms with Gasteiger partial charge < -0.3 is 5.32 Å². The first-order valence-electron chi connectivity index (χ1n) is 7.61. The van der Waals surface area contributed by atoms with E-state index in [1.807, 2.05) is 14.0 Å². The van der Waals surface area contributed by atoms with Crippen LogP contribution in [0.25, 0.3) is 0 Å². The van der Waals surface area contributed by atoms with Gasteiger partial charge in [-0.25, -0.2) is 4.39 Å². The van der Waals surface area contributed by atoms with E-state index in [9.17, 15) is 9.18 Å². The first-order chi connectivity index (χ1) is 10.6. The highest BCUT2D eigenvalue weighted by molar-refractivity contribution is 5.95. The number of carbonyl (C=O) groups is 1. The molecule has 5 heteroatoms. The van der Waals surface area contributed by atoms with E-state index in [0.717, 1.165) is 24.1 Å². The van der Waals surface area contributed by atoms with Gasteiger partial charge in [-0.15, -0.1) is 0 Å². The van der Waals surface area contributed by atoms with Crippen molar-refractivity contribution in [3.8, 4) is 0 Å². The second-order valence-electron chi connectivity index (χ2n) is 5.96. The van der Waals surface area contributed by atoms with Crippen molar-refractivity contribution in [1.82, 2.24) is 15.1 Å². The van der Waals surface area contributed by atoms with Gasteiger partial charge in [0.25, 0.3) is 5.91 Å². The van der Waals surface area contributed by atoms with E-state index in [0.29, 0.717) is 11.5 Å². The largest absolute Gasteiger partial charge is 0.345 e. The molecule has 22 heavy (non-hydrogen) atoms. The second-order valence-corrected chi connectivity index (χ2v) is 5.96. The molecular formula is C17H20FN3O. The van der Waals surface area contributed by atoms with Crippen molar-refractivity contribution < 1.29 is 9.18 Å². The summed E-state index contributed by atoms with van der Waals surface area (Å²) in [5.41, 5.74) is 2.39. The summed E-state index contributed by atoms with van der Waals surface area (Å²) in [6.07, 6.45) is 4.96. The molecule has 1 amide bonds. The summed E-state index contributed by atoms with van der Waals surface area (Å²) in [6, 6.07) is 6.34. The van der Waals surface area contributed by atoms with Gasteiger partial charge in [-0.3, -0.25) is 9.48 Å². The molecule has 1 N–H and O–H groups in total. The summed E-state index contributed by atoms with van der Waals surface area (Å²) in [7, 11) is 1.81. The average molecular weight is 301 g/mol. The molecule has 1 aliphatic rings. The van der Waals surface area contributed by atoms with Crippen molar-refractivity contribution >= 4 is 5.91 Å². The van der Waals surface area contributed by atoms with Crippen molar-refractivity contribution in [2.75, 3.05) is 0 Å². The molecule has 1 heterocycles. The minimum atomic E-state index is -0.259. The van der Waals surface area contributed by atoms with E-state index in [1.54, 1.807) is 23.0 Å². The van der Waals surface area contributed by atoms with E-state index in [1.165, 1.54) is 18.6 Å². The first kappa shape index (κ1) is 14.8. The summed E-state index contributed by atoms with van der Waals surface area (Å²) < 4.78 is 14.8. The molecule has 4 nitrogen and oxygen atoms in total. The molecule has 0 unspecified atom stereocenters. The number of hydrogen-bond donors (Lipinski definition) is 1.